The summed E-state index contributed by atoms with van der Waals surface area (Å²) in [6, 6.07) is 0. The summed E-state index contributed by atoms with van der Waals surface area (Å²) < 4.78 is 5.26. The van der Waals surface area contributed by atoms with E-state index in [0.717, 1.165) is 45.9 Å². The fraction of sp³-hybridized carbons (Fsp3) is 1.00. The van der Waals surface area contributed by atoms with Crippen LogP contribution in [0.4, 0.5) is 0 Å². The largest absolute Gasteiger partial charge is 0.379 e. The SMILES string of the molecule is CN(CCN=O)CCN1CCOCC1. The number of hydrogen-bond donors (Lipinski definition) is 0. The van der Waals surface area contributed by atoms with Crippen molar-refractivity contribution in [2.24, 2.45) is 5.18 Å². The average Bonchev–Trinajstić information content (AvgIpc) is 2.25. The molecule has 1 aliphatic rings. The topological polar surface area (TPSA) is 45.1 Å². The molecular formula is C9H19N3O2. The minimum absolute atomic E-state index is 0.389. The quantitative estimate of drug-likeness (QED) is 0.568. The molecule has 5 nitrogen and oxygen atoms in total. The molecule has 0 unspecified atom stereocenters. The smallest absolute Gasteiger partial charge is 0.0938 e. The molecule has 5 heteroatoms. The molecule has 1 saturated heterocycles. The molecule has 0 saturated carbocycles. The van der Waals surface area contributed by atoms with Crippen molar-refractivity contribution in [2.45, 2.75) is 0 Å². The molecule has 1 heterocycles. The Bertz CT molecular complexity index is 160. The molecular weight excluding hydrogens is 182 g/mol. The lowest BCUT2D eigenvalue weighted by Crippen LogP contribution is -2.41. The Morgan fingerprint density at radius 1 is 1.36 bits per heavy atom. The Kier molecular flexibility index (Phi) is 5.66. The van der Waals surface area contributed by atoms with E-state index in [1.165, 1.54) is 0 Å². The summed E-state index contributed by atoms with van der Waals surface area (Å²) in [5.74, 6) is 0. The maximum atomic E-state index is 9.91. The van der Waals surface area contributed by atoms with Crippen LogP contribution in [0.1, 0.15) is 0 Å². The molecule has 0 radical (unpaired) electrons. The van der Waals surface area contributed by atoms with E-state index in [0.29, 0.717) is 6.54 Å². The van der Waals surface area contributed by atoms with Crippen molar-refractivity contribution in [3.63, 3.8) is 0 Å². The van der Waals surface area contributed by atoms with Crippen LogP contribution in [0.15, 0.2) is 5.18 Å². The molecule has 0 aliphatic carbocycles. The first-order chi connectivity index (χ1) is 6.83. The van der Waals surface area contributed by atoms with Crippen molar-refractivity contribution in [1.82, 2.24) is 9.80 Å². The van der Waals surface area contributed by atoms with Crippen molar-refractivity contribution < 1.29 is 4.74 Å². The number of nitroso groups, excluding NO2 is 1. The van der Waals surface area contributed by atoms with E-state index >= 15 is 0 Å². The lowest BCUT2D eigenvalue weighted by atomic mass is 10.4. The highest BCUT2D eigenvalue weighted by Gasteiger charge is 2.10. The highest BCUT2D eigenvalue weighted by atomic mass is 16.5. The minimum Gasteiger partial charge on any atom is -0.379 e. The van der Waals surface area contributed by atoms with Gasteiger partial charge in [-0.15, -0.1) is 0 Å². The van der Waals surface area contributed by atoms with Crippen molar-refractivity contribution >= 4 is 0 Å². The predicted molar refractivity (Wildman–Crippen MR) is 55.4 cm³/mol. The van der Waals surface area contributed by atoms with Crippen molar-refractivity contribution in [2.75, 3.05) is 59.5 Å². The number of rotatable bonds is 6. The van der Waals surface area contributed by atoms with Crippen LogP contribution >= 0.6 is 0 Å². The maximum Gasteiger partial charge on any atom is 0.0938 e. The zero-order valence-corrected chi connectivity index (χ0v) is 8.81. The third-order valence-corrected chi connectivity index (χ3v) is 2.47. The van der Waals surface area contributed by atoms with Gasteiger partial charge in [-0.1, -0.05) is 5.18 Å². The molecule has 0 amide bonds. The lowest BCUT2D eigenvalue weighted by Gasteiger charge is -2.28. The molecule has 0 aromatic carbocycles. The van der Waals surface area contributed by atoms with Gasteiger partial charge in [-0.2, -0.15) is 4.91 Å². The van der Waals surface area contributed by atoms with Crippen LogP contribution in [0, 0.1) is 4.91 Å². The van der Waals surface area contributed by atoms with Gasteiger partial charge in [0.15, 0.2) is 0 Å². The summed E-state index contributed by atoms with van der Waals surface area (Å²) in [5, 5.41) is 2.85. The van der Waals surface area contributed by atoms with E-state index < -0.39 is 0 Å². The summed E-state index contributed by atoms with van der Waals surface area (Å²) in [6.07, 6.45) is 0. The second-order valence-electron chi connectivity index (χ2n) is 3.61. The van der Waals surface area contributed by atoms with Gasteiger partial charge in [0.25, 0.3) is 0 Å². The van der Waals surface area contributed by atoms with Gasteiger partial charge in [0.1, 0.15) is 0 Å². The number of morpholine rings is 1. The van der Waals surface area contributed by atoms with Gasteiger partial charge in [0.2, 0.25) is 0 Å². The van der Waals surface area contributed by atoms with Gasteiger partial charge < -0.3 is 9.64 Å². The number of likely N-dealkylation sites (N-methyl/N-ethyl adjacent to an activating group) is 1. The number of ether oxygens (including phenoxy) is 1. The first-order valence-corrected chi connectivity index (χ1v) is 5.10. The van der Waals surface area contributed by atoms with Gasteiger partial charge in [-0.3, -0.25) is 4.90 Å². The molecule has 1 rings (SSSR count). The van der Waals surface area contributed by atoms with E-state index in [2.05, 4.69) is 15.0 Å². The highest BCUT2D eigenvalue weighted by Crippen LogP contribution is 1.96. The summed E-state index contributed by atoms with van der Waals surface area (Å²) in [7, 11) is 2.02. The van der Waals surface area contributed by atoms with Gasteiger partial charge >= 0.3 is 0 Å². The number of nitrogens with zero attached hydrogens (tertiary/aromatic N) is 3. The highest BCUT2D eigenvalue weighted by molar-refractivity contribution is 4.64. The lowest BCUT2D eigenvalue weighted by molar-refractivity contribution is 0.0346. The zero-order chi connectivity index (χ0) is 10.2. The summed E-state index contributed by atoms with van der Waals surface area (Å²) in [5.41, 5.74) is 0. The summed E-state index contributed by atoms with van der Waals surface area (Å²) in [4.78, 5) is 14.4. The Hall–Kier alpha value is -0.520. The van der Waals surface area contributed by atoms with Crippen molar-refractivity contribution in [3.8, 4) is 0 Å². The second-order valence-corrected chi connectivity index (χ2v) is 3.61. The molecule has 82 valence electrons. The van der Waals surface area contributed by atoms with Gasteiger partial charge in [-0.25, -0.2) is 0 Å². The van der Waals surface area contributed by atoms with Crippen molar-refractivity contribution in [3.05, 3.63) is 4.91 Å². The van der Waals surface area contributed by atoms with E-state index in [-0.39, 0.29) is 0 Å². The Labute approximate surface area is 85.0 Å². The van der Waals surface area contributed by atoms with Crippen LogP contribution in [0.3, 0.4) is 0 Å². The van der Waals surface area contributed by atoms with E-state index in [9.17, 15) is 4.91 Å². The van der Waals surface area contributed by atoms with Crippen LogP contribution in [0.5, 0.6) is 0 Å². The predicted octanol–water partition coefficient (Wildman–Crippen LogP) is 0.0168. The molecule has 1 fully saturated rings. The summed E-state index contributed by atoms with van der Waals surface area (Å²) in [6.45, 7) is 6.94. The van der Waals surface area contributed by atoms with E-state index in [1.807, 2.05) is 7.05 Å². The first-order valence-electron chi connectivity index (χ1n) is 5.10. The van der Waals surface area contributed by atoms with Crippen molar-refractivity contribution in [1.29, 1.82) is 0 Å². The van der Waals surface area contributed by atoms with Crippen LogP contribution in [-0.4, -0.2) is 69.3 Å². The summed E-state index contributed by atoms with van der Waals surface area (Å²) >= 11 is 0. The Morgan fingerprint density at radius 2 is 2.07 bits per heavy atom. The average molecular weight is 201 g/mol. The zero-order valence-electron chi connectivity index (χ0n) is 8.81. The van der Waals surface area contributed by atoms with Crippen LogP contribution in [0.25, 0.3) is 0 Å². The molecule has 0 atom stereocenters. The Balaban J connectivity index is 2.03. The molecule has 0 bridgehead atoms. The third-order valence-electron chi connectivity index (χ3n) is 2.47. The maximum absolute atomic E-state index is 9.91. The van der Waals surface area contributed by atoms with Gasteiger partial charge in [0.05, 0.1) is 19.8 Å². The fourth-order valence-corrected chi connectivity index (χ4v) is 1.46. The molecule has 0 aromatic rings. The van der Waals surface area contributed by atoms with Crippen LogP contribution in [-0.2, 0) is 4.74 Å². The molecule has 14 heavy (non-hydrogen) atoms. The normalized spacial score (nSPS) is 18.7. The standard InChI is InChI=1S/C9H19N3O2/c1-11(3-2-10-13)4-5-12-6-8-14-9-7-12/h2-9H2,1H3. The number of hydrogen-bond acceptors (Lipinski definition) is 5. The fourth-order valence-electron chi connectivity index (χ4n) is 1.46. The van der Waals surface area contributed by atoms with E-state index in [4.69, 9.17) is 4.74 Å². The second kappa shape index (κ2) is 6.86. The van der Waals surface area contributed by atoms with Crippen LogP contribution in [0.2, 0.25) is 0 Å². The van der Waals surface area contributed by atoms with Crippen LogP contribution < -0.4 is 0 Å². The third kappa shape index (κ3) is 4.64. The first kappa shape index (κ1) is 11.6. The van der Waals surface area contributed by atoms with Gasteiger partial charge in [-0.05, 0) is 7.05 Å². The Morgan fingerprint density at radius 3 is 2.71 bits per heavy atom. The van der Waals surface area contributed by atoms with Gasteiger partial charge in [0, 0.05) is 32.7 Å². The minimum atomic E-state index is 0.389. The molecule has 0 spiro atoms. The van der Waals surface area contributed by atoms with E-state index in [1.54, 1.807) is 0 Å². The monoisotopic (exact) mass is 201 g/mol. The molecule has 1 aliphatic heterocycles. The molecule has 0 aromatic heterocycles. The molecule has 0 N–H and O–H groups in total.